The van der Waals surface area contributed by atoms with E-state index in [-0.39, 0.29) is 6.61 Å². The molecule has 7 nitrogen and oxygen atoms in total. The van der Waals surface area contributed by atoms with Crippen molar-refractivity contribution in [3.63, 3.8) is 0 Å². The van der Waals surface area contributed by atoms with Gasteiger partial charge in [0, 0.05) is 7.11 Å². The van der Waals surface area contributed by atoms with Crippen LogP contribution in [-0.4, -0.2) is 35.4 Å². The lowest BCUT2D eigenvalue weighted by atomic mass is 10.1. The number of aryl methyl sites for hydroxylation is 2. The topological polar surface area (TPSA) is 82.4 Å². The van der Waals surface area contributed by atoms with Crippen LogP contribution in [0.3, 0.4) is 0 Å². The van der Waals surface area contributed by atoms with Crippen molar-refractivity contribution in [3.8, 4) is 5.69 Å². The van der Waals surface area contributed by atoms with E-state index in [1.54, 1.807) is 36.1 Å². The molecule has 0 bridgehead atoms. The van der Waals surface area contributed by atoms with Crippen LogP contribution in [0.25, 0.3) is 5.69 Å². The second kappa shape index (κ2) is 9.37. The van der Waals surface area contributed by atoms with Crippen molar-refractivity contribution in [1.82, 2.24) is 9.78 Å². The Morgan fingerprint density at radius 2 is 1.67 bits per heavy atom. The quantitative estimate of drug-likeness (QED) is 0.604. The van der Waals surface area contributed by atoms with E-state index in [0.717, 1.165) is 22.5 Å². The minimum absolute atomic E-state index is 0.377. The van der Waals surface area contributed by atoms with Crippen molar-refractivity contribution < 1.29 is 19.1 Å². The Balaban J connectivity index is 1.62. The Kier molecular flexibility index (Phi) is 6.64. The average molecular weight is 407 g/mol. The molecule has 0 unspecified atom stereocenters. The minimum Gasteiger partial charge on any atom is -0.452 e. The van der Waals surface area contributed by atoms with Crippen molar-refractivity contribution in [3.05, 3.63) is 76.6 Å². The number of hydrogen-bond donors (Lipinski definition) is 1. The SMILES string of the molecule is COCc1ccc(C(=O)OCC(=O)Nc2c(C)nn(-c3ccc(C)cc3)c2C)cc1. The molecular formula is C23H25N3O4. The van der Waals surface area contributed by atoms with E-state index in [1.807, 2.05) is 45.0 Å². The van der Waals surface area contributed by atoms with Crippen molar-refractivity contribution >= 4 is 17.6 Å². The molecule has 7 heteroatoms. The number of methoxy groups -OCH3 is 1. The summed E-state index contributed by atoms with van der Waals surface area (Å²) in [6, 6.07) is 14.8. The summed E-state index contributed by atoms with van der Waals surface area (Å²) >= 11 is 0. The second-order valence-electron chi connectivity index (χ2n) is 7.05. The zero-order chi connectivity index (χ0) is 21.7. The number of aromatic nitrogens is 2. The van der Waals surface area contributed by atoms with Crippen LogP contribution < -0.4 is 5.32 Å². The molecule has 30 heavy (non-hydrogen) atoms. The standard InChI is InChI=1S/C23H25N3O4/c1-15-5-11-20(12-6-15)26-17(3)22(16(2)25-26)24-21(27)14-30-23(28)19-9-7-18(8-10-19)13-29-4/h5-12H,13-14H2,1-4H3,(H,24,27). The maximum atomic E-state index is 12.3. The molecule has 3 rings (SSSR count). The molecule has 0 radical (unpaired) electrons. The number of carbonyl (C=O) groups is 2. The van der Waals surface area contributed by atoms with Crippen LogP contribution >= 0.6 is 0 Å². The zero-order valence-electron chi connectivity index (χ0n) is 17.6. The number of nitrogens with one attached hydrogen (secondary N) is 1. The first-order valence-electron chi connectivity index (χ1n) is 9.57. The Morgan fingerprint density at radius 1 is 1.00 bits per heavy atom. The molecule has 1 heterocycles. The fourth-order valence-corrected chi connectivity index (χ4v) is 3.05. The van der Waals surface area contributed by atoms with Crippen LogP contribution in [0.4, 0.5) is 5.69 Å². The first kappa shape index (κ1) is 21.3. The van der Waals surface area contributed by atoms with Gasteiger partial charge in [0.1, 0.15) is 0 Å². The van der Waals surface area contributed by atoms with Gasteiger partial charge >= 0.3 is 5.97 Å². The molecule has 0 spiro atoms. The van der Waals surface area contributed by atoms with E-state index in [9.17, 15) is 9.59 Å². The molecule has 156 valence electrons. The van der Waals surface area contributed by atoms with E-state index < -0.39 is 11.9 Å². The summed E-state index contributed by atoms with van der Waals surface area (Å²) in [6.45, 7) is 5.80. The number of amides is 1. The third-order valence-corrected chi connectivity index (χ3v) is 4.67. The summed E-state index contributed by atoms with van der Waals surface area (Å²) < 4.78 is 12.0. The Labute approximate surface area is 175 Å². The number of carbonyl (C=O) groups excluding carboxylic acids is 2. The summed E-state index contributed by atoms with van der Waals surface area (Å²) in [7, 11) is 1.61. The summed E-state index contributed by atoms with van der Waals surface area (Å²) in [5.74, 6) is -0.980. The van der Waals surface area contributed by atoms with Gasteiger partial charge in [-0.3, -0.25) is 4.79 Å². The van der Waals surface area contributed by atoms with Crippen LogP contribution in [0.1, 0.15) is 32.9 Å². The van der Waals surface area contributed by atoms with Crippen LogP contribution in [-0.2, 0) is 20.9 Å². The Bertz CT molecular complexity index is 1040. The average Bonchev–Trinajstić information content (AvgIpc) is 3.01. The van der Waals surface area contributed by atoms with E-state index >= 15 is 0 Å². The van der Waals surface area contributed by atoms with E-state index in [4.69, 9.17) is 9.47 Å². The lowest BCUT2D eigenvalue weighted by Gasteiger charge is -2.08. The van der Waals surface area contributed by atoms with Gasteiger partial charge in [-0.05, 0) is 50.6 Å². The highest BCUT2D eigenvalue weighted by Crippen LogP contribution is 2.23. The third-order valence-electron chi connectivity index (χ3n) is 4.67. The first-order valence-corrected chi connectivity index (χ1v) is 9.57. The van der Waals surface area contributed by atoms with Gasteiger partial charge in [0.05, 0.1) is 34.9 Å². The van der Waals surface area contributed by atoms with Crippen molar-refractivity contribution in [1.29, 1.82) is 0 Å². The van der Waals surface area contributed by atoms with E-state index in [0.29, 0.717) is 23.6 Å². The summed E-state index contributed by atoms with van der Waals surface area (Å²) in [5, 5.41) is 7.31. The lowest BCUT2D eigenvalue weighted by molar-refractivity contribution is -0.119. The van der Waals surface area contributed by atoms with Crippen LogP contribution in [0, 0.1) is 20.8 Å². The van der Waals surface area contributed by atoms with Crippen LogP contribution in [0.15, 0.2) is 48.5 Å². The van der Waals surface area contributed by atoms with E-state index in [1.165, 1.54) is 0 Å². The predicted molar refractivity (Wildman–Crippen MR) is 114 cm³/mol. The van der Waals surface area contributed by atoms with Gasteiger partial charge in [0.25, 0.3) is 5.91 Å². The van der Waals surface area contributed by atoms with Crippen molar-refractivity contribution in [2.75, 3.05) is 19.0 Å². The van der Waals surface area contributed by atoms with Crippen LogP contribution in [0.5, 0.6) is 0 Å². The fourth-order valence-electron chi connectivity index (χ4n) is 3.05. The van der Waals surface area contributed by atoms with Crippen molar-refractivity contribution in [2.45, 2.75) is 27.4 Å². The summed E-state index contributed by atoms with van der Waals surface area (Å²) in [5.41, 5.74) is 5.48. The number of anilines is 1. The van der Waals surface area contributed by atoms with Gasteiger partial charge in [-0.1, -0.05) is 29.8 Å². The van der Waals surface area contributed by atoms with Crippen LogP contribution in [0.2, 0.25) is 0 Å². The number of esters is 1. The molecule has 0 fully saturated rings. The van der Waals surface area contributed by atoms with Gasteiger partial charge in [-0.2, -0.15) is 5.10 Å². The molecule has 1 N–H and O–H groups in total. The predicted octanol–water partition coefficient (Wildman–Crippen LogP) is 3.74. The molecule has 1 aromatic heterocycles. The number of rotatable bonds is 7. The second-order valence-corrected chi connectivity index (χ2v) is 7.05. The molecule has 0 aliphatic carbocycles. The first-order chi connectivity index (χ1) is 14.4. The molecular weight excluding hydrogens is 382 g/mol. The van der Waals surface area contributed by atoms with Gasteiger partial charge in [0.2, 0.25) is 0 Å². The molecule has 0 atom stereocenters. The van der Waals surface area contributed by atoms with Gasteiger partial charge in [-0.25, -0.2) is 9.48 Å². The molecule has 0 saturated carbocycles. The number of hydrogen-bond acceptors (Lipinski definition) is 5. The number of nitrogens with zero attached hydrogens (tertiary/aromatic N) is 2. The highest BCUT2D eigenvalue weighted by Gasteiger charge is 2.17. The monoisotopic (exact) mass is 407 g/mol. The minimum atomic E-state index is -0.557. The summed E-state index contributed by atoms with van der Waals surface area (Å²) in [4.78, 5) is 24.5. The maximum absolute atomic E-state index is 12.3. The van der Waals surface area contributed by atoms with Gasteiger partial charge < -0.3 is 14.8 Å². The molecule has 1 amide bonds. The molecule has 0 aliphatic heterocycles. The zero-order valence-corrected chi connectivity index (χ0v) is 17.6. The van der Waals surface area contributed by atoms with Gasteiger partial charge in [0.15, 0.2) is 6.61 Å². The van der Waals surface area contributed by atoms with Gasteiger partial charge in [-0.15, -0.1) is 0 Å². The normalized spacial score (nSPS) is 10.7. The summed E-state index contributed by atoms with van der Waals surface area (Å²) in [6.07, 6.45) is 0. The number of benzene rings is 2. The lowest BCUT2D eigenvalue weighted by Crippen LogP contribution is -2.21. The number of ether oxygens (including phenoxy) is 2. The third kappa shape index (κ3) is 4.93. The Hall–Kier alpha value is -3.45. The van der Waals surface area contributed by atoms with Crippen molar-refractivity contribution in [2.24, 2.45) is 0 Å². The highest BCUT2D eigenvalue weighted by molar-refractivity contribution is 5.96. The Morgan fingerprint density at radius 3 is 2.30 bits per heavy atom. The fraction of sp³-hybridized carbons (Fsp3) is 0.261. The molecule has 0 aliphatic rings. The molecule has 0 saturated heterocycles. The molecule has 2 aromatic carbocycles. The smallest absolute Gasteiger partial charge is 0.338 e. The largest absolute Gasteiger partial charge is 0.452 e. The maximum Gasteiger partial charge on any atom is 0.338 e. The highest BCUT2D eigenvalue weighted by atomic mass is 16.5. The molecule has 3 aromatic rings. The van der Waals surface area contributed by atoms with E-state index in [2.05, 4.69) is 10.4 Å².